The average Bonchev–Trinajstić information content (AvgIpc) is 2.36. The van der Waals surface area contributed by atoms with E-state index < -0.39 is 41.2 Å². The van der Waals surface area contributed by atoms with Crippen molar-refractivity contribution in [3.05, 3.63) is 34.9 Å². The molecule has 1 fully saturated rings. The lowest BCUT2D eigenvalue weighted by Crippen LogP contribution is -2.36. The summed E-state index contributed by atoms with van der Waals surface area (Å²) in [6.45, 7) is -0.102. The summed E-state index contributed by atoms with van der Waals surface area (Å²) in [5.74, 6) is 0. The predicted octanol–water partition coefficient (Wildman–Crippen LogP) is 4.32. The number of alkyl halides is 6. The number of carbonyl (C=O) groups is 1. The predicted molar refractivity (Wildman–Crippen MR) is 65.5 cm³/mol. The molecule has 1 amide bonds. The highest BCUT2D eigenvalue weighted by Crippen LogP contribution is 2.40. The topological polar surface area (TPSA) is 38.3 Å². The molecular weight excluding hydrogens is 340 g/mol. The van der Waals surface area contributed by atoms with Gasteiger partial charge in [0.05, 0.1) is 23.8 Å². The van der Waals surface area contributed by atoms with Crippen molar-refractivity contribution in [1.82, 2.24) is 5.32 Å². The van der Waals surface area contributed by atoms with E-state index in [1.165, 1.54) is 0 Å². The molecule has 22 heavy (non-hydrogen) atoms. The van der Waals surface area contributed by atoms with Gasteiger partial charge in [0, 0.05) is 6.42 Å². The second-order valence-corrected chi connectivity index (χ2v) is 4.42. The maximum absolute atomic E-state index is 13.0. The van der Waals surface area contributed by atoms with Crippen molar-refractivity contribution in [2.75, 3.05) is 6.61 Å². The number of benzene rings is 1. The summed E-state index contributed by atoms with van der Waals surface area (Å²) in [4.78, 5) is 11.0. The van der Waals surface area contributed by atoms with Crippen molar-refractivity contribution in [1.29, 1.82) is 0 Å². The minimum Gasteiger partial charge on any atom is -0.449 e. The fourth-order valence-electron chi connectivity index (χ4n) is 2.04. The minimum absolute atomic E-state index is 0. The zero-order valence-electron chi connectivity index (χ0n) is 10.7. The standard InChI is InChI=1S/C12H9F6NO2.ClH/c13-11(14,15)6-1-2-7(8(5-6)12(16,17)18)9-3-4-21-10(20)19-9;/h1-2,5,9H,3-4H2,(H,19,20);1H/t9-;/m1./s1. The first kappa shape index (κ1) is 18.4. The van der Waals surface area contributed by atoms with E-state index in [0.29, 0.717) is 6.07 Å². The number of carbonyl (C=O) groups excluding carboxylic acids is 1. The van der Waals surface area contributed by atoms with Crippen LogP contribution in [-0.2, 0) is 17.1 Å². The van der Waals surface area contributed by atoms with Gasteiger partial charge in [-0.2, -0.15) is 26.3 Å². The van der Waals surface area contributed by atoms with Gasteiger partial charge in [0.15, 0.2) is 0 Å². The summed E-state index contributed by atoms with van der Waals surface area (Å²) >= 11 is 0. The molecule has 1 saturated heterocycles. The first-order valence-corrected chi connectivity index (χ1v) is 5.80. The maximum atomic E-state index is 13.0. The first-order valence-electron chi connectivity index (χ1n) is 5.80. The van der Waals surface area contributed by atoms with Crippen LogP contribution in [0.5, 0.6) is 0 Å². The van der Waals surface area contributed by atoms with Gasteiger partial charge in [0.2, 0.25) is 0 Å². The van der Waals surface area contributed by atoms with Gasteiger partial charge in [-0.25, -0.2) is 4.79 Å². The monoisotopic (exact) mass is 349 g/mol. The van der Waals surface area contributed by atoms with Crippen molar-refractivity contribution >= 4 is 18.5 Å². The van der Waals surface area contributed by atoms with Crippen molar-refractivity contribution in [2.45, 2.75) is 24.8 Å². The third-order valence-electron chi connectivity index (χ3n) is 2.99. The summed E-state index contributed by atoms with van der Waals surface area (Å²) in [7, 11) is 0. The smallest absolute Gasteiger partial charge is 0.416 e. The average molecular weight is 350 g/mol. The third kappa shape index (κ3) is 3.96. The second-order valence-electron chi connectivity index (χ2n) is 4.42. The normalized spacial score (nSPS) is 19.0. The van der Waals surface area contributed by atoms with Crippen LogP contribution in [0.2, 0.25) is 0 Å². The van der Waals surface area contributed by atoms with Crippen molar-refractivity contribution in [3.8, 4) is 0 Å². The van der Waals surface area contributed by atoms with Crippen molar-refractivity contribution in [2.24, 2.45) is 0 Å². The molecule has 1 aromatic carbocycles. The highest BCUT2D eigenvalue weighted by molar-refractivity contribution is 5.85. The molecule has 1 aliphatic heterocycles. The molecular formula is C12H10ClF6NO2. The molecule has 1 N–H and O–H groups in total. The molecule has 1 aliphatic rings. The van der Waals surface area contributed by atoms with Gasteiger partial charge < -0.3 is 10.1 Å². The lowest BCUT2D eigenvalue weighted by Gasteiger charge is -2.26. The molecule has 0 unspecified atom stereocenters. The maximum Gasteiger partial charge on any atom is 0.416 e. The lowest BCUT2D eigenvalue weighted by molar-refractivity contribution is -0.143. The summed E-state index contributed by atoms with van der Waals surface area (Å²) in [6, 6.07) is 0.315. The highest BCUT2D eigenvalue weighted by Gasteiger charge is 2.40. The van der Waals surface area contributed by atoms with Crippen LogP contribution in [0.25, 0.3) is 0 Å². The minimum atomic E-state index is -4.96. The van der Waals surface area contributed by atoms with Crippen LogP contribution in [0, 0.1) is 0 Å². The number of rotatable bonds is 1. The van der Waals surface area contributed by atoms with Gasteiger partial charge in [-0.3, -0.25) is 0 Å². The highest BCUT2D eigenvalue weighted by atomic mass is 35.5. The lowest BCUT2D eigenvalue weighted by atomic mass is 9.95. The van der Waals surface area contributed by atoms with Crippen LogP contribution in [-0.4, -0.2) is 12.7 Å². The SMILES string of the molecule is Cl.O=C1N[C@@H](c2ccc(C(F)(F)F)cc2C(F)(F)F)CCO1. The molecule has 0 radical (unpaired) electrons. The number of nitrogens with one attached hydrogen (secondary N) is 1. The zero-order chi connectivity index (χ0) is 15.8. The summed E-state index contributed by atoms with van der Waals surface area (Å²) in [5, 5.41) is 2.16. The Morgan fingerprint density at radius 1 is 1.09 bits per heavy atom. The Kier molecular flexibility index (Phi) is 5.21. The molecule has 124 valence electrons. The van der Waals surface area contributed by atoms with Gasteiger partial charge in [-0.15, -0.1) is 12.4 Å². The van der Waals surface area contributed by atoms with Crippen LogP contribution >= 0.6 is 12.4 Å². The van der Waals surface area contributed by atoms with E-state index in [-0.39, 0.29) is 31.5 Å². The fraction of sp³-hybridized carbons (Fsp3) is 0.417. The largest absolute Gasteiger partial charge is 0.449 e. The number of amides is 1. The molecule has 0 aromatic heterocycles. The van der Waals surface area contributed by atoms with Crippen LogP contribution in [0.1, 0.15) is 29.2 Å². The summed E-state index contributed by atoms with van der Waals surface area (Å²) in [5.41, 5.74) is -3.21. The Morgan fingerprint density at radius 3 is 2.23 bits per heavy atom. The molecule has 0 aliphatic carbocycles. The van der Waals surface area contributed by atoms with Gasteiger partial charge in [0.1, 0.15) is 0 Å². The van der Waals surface area contributed by atoms with Crippen molar-refractivity contribution in [3.63, 3.8) is 0 Å². The van der Waals surface area contributed by atoms with Gasteiger partial charge >= 0.3 is 18.4 Å². The third-order valence-corrected chi connectivity index (χ3v) is 2.99. The molecule has 1 aromatic rings. The van der Waals surface area contributed by atoms with E-state index >= 15 is 0 Å². The molecule has 1 atom stereocenters. The first-order chi connectivity index (χ1) is 9.59. The second kappa shape index (κ2) is 6.23. The van der Waals surface area contributed by atoms with Crippen LogP contribution < -0.4 is 5.32 Å². The Bertz CT molecular complexity index is 558. The molecule has 0 saturated carbocycles. The number of halogens is 7. The number of hydrogen-bond acceptors (Lipinski definition) is 2. The van der Waals surface area contributed by atoms with E-state index in [0.717, 1.165) is 6.07 Å². The molecule has 3 nitrogen and oxygen atoms in total. The fourth-order valence-corrected chi connectivity index (χ4v) is 2.04. The molecule has 1 heterocycles. The molecule has 2 rings (SSSR count). The number of alkyl carbamates (subject to hydrolysis) is 1. The number of ether oxygens (including phenoxy) is 1. The van der Waals surface area contributed by atoms with Crippen LogP contribution in [0.3, 0.4) is 0 Å². The quantitative estimate of drug-likeness (QED) is 0.767. The molecule has 10 heteroatoms. The molecule has 0 spiro atoms. The number of hydrogen-bond donors (Lipinski definition) is 1. The van der Waals surface area contributed by atoms with Gasteiger partial charge in [0.25, 0.3) is 0 Å². The van der Waals surface area contributed by atoms with Gasteiger partial charge in [-0.1, -0.05) is 6.07 Å². The van der Waals surface area contributed by atoms with E-state index in [1.807, 2.05) is 0 Å². The molecule has 0 bridgehead atoms. The Balaban J connectivity index is 0.00000242. The van der Waals surface area contributed by atoms with E-state index in [4.69, 9.17) is 0 Å². The summed E-state index contributed by atoms with van der Waals surface area (Å²) in [6.07, 6.45) is -10.7. The van der Waals surface area contributed by atoms with Crippen LogP contribution in [0.15, 0.2) is 18.2 Å². The van der Waals surface area contributed by atoms with Crippen molar-refractivity contribution < 1.29 is 35.9 Å². The van der Waals surface area contributed by atoms with E-state index in [2.05, 4.69) is 10.1 Å². The summed E-state index contributed by atoms with van der Waals surface area (Å²) < 4.78 is 81.0. The zero-order valence-corrected chi connectivity index (χ0v) is 11.5. The Labute approximate surface area is 127 Å². The van der Waals surface area contributed by atoms with Gasteiger partial charge in [-0.05, 0) is 17.7 Å². The Morgan fingerprint density at radius 2 is 1.73 bits per heavy atom. The van der Waals surface area contributed by atoms with Crippen LogP contribution in [0.4, 0.5) is 31.1 Å². The number of cyclic esters (lactones) is 1. The Hall–Kier alpha value is -1.64. The van der Waals surface area contributed by atoms with E-state index in [9.17, 15) is 31.1 Å². The van der Waals surface area contributed by atoms with E-state index in [1.54, 1.807) is 0 Å².